The molecule has 0 saturated heterocycles. The fourth-order valence-electron chi connectivity index (χ4n) is 2.25. The first-order valence-corrected chi connectivity index (χ1v) is 8.77. The Hall–Kier alpha value is -2.67. The number of anilines is 5. The van der Waals surface area contributed by atoms with Crippen LogP contribution in [-0.2, 0) is 6.42 Å². The predicted molar refractivity (Wildman–Crippen MR) is 100 cm³/mol. The van der Waals surface area contributed by atoms with Crippen molar-refractivity contribution in [2.75, 3.05) is 16.4 Å². The molecule has 0 aliphatic rings. The zero-order chi connectivity index (χ0) is 16.8. The number of aryl methyl sites for hydroxylation is 1. The van der Waals surface area contributed by atoms with E-state index in [0.29, 0.717) is 17.3 Å². The van der Waals surface area contributed by atoms with Crippen molar-refractivity contribution in [1.82, 2.24) is 15.0 Å². The summed E-state index contributed by atoms with van der Waals surface area (Å²) in [5.74, 6) is 1.12. The van der Waals surface area contributed by atoms with Crippen molar-refractivity contribution >= 4 is 39.5 Å². The number of hydrogen-bond donors (Lipinski definition) is 3. The van der Waals surface area contributed by atoms with Crippen LogP contribution in [0.15, 0.2) is 42.2 Å². The molecule has 1 aromatic carbocycles. The number of thiazole rings is 1. The molecule has 0 aliphatic carbocycles. The van der Waals surface area contributed by atoms with Crippen LogP contribution < -0.4 is 16.4 Å². The number of aromatic nitrogens is 3. The number of nitrogens with two attached hydrogens (primary N) is 1. The van der Waals surface area contributed by atoms with E-state index in [-0.39, 0.29) is 0 Å². The van der Waals surface area contributed by atoms with Gasteiger partial charge in [0, 0.05) is 17.3 Å². The van der Waals surface area contributed by atoms with Crippen molar-refractivity contribution < 1.29 is 0 Å². The molecule has 0 saturated carbocycles. The minimum atomic E-state index is 0.461. The zero-order valence-electron chi connectivity index (χ0n) is 13.5. The van der Waals surface area contributed by atoms with Crippen LogP contribution in [-0.4, -0.2) is 15.0 Å². The van der Waals surface area contributed by atoms with E-state index in [9.17, 15) is 0 Å². The molecule has 4 N–H and O–H groups in total. The SMILES string of the molecule is CCCCc1ccc(Nc2ncnc(Nc3nccs3)c2N)cc1. The van der Waals surface area contributed by atoms with Crippen LogP contribution in [0.1, 0.15) is 25.3 Å². The second-order valence-electron chi connectivity index (χ2n) is 5.37. The van der Waals surface area contributed by atoms with Gasteiger partial charge in [0.15, 0.2) is 16.8 Å². The monoisotopic (exact) mass is 340 g/mol. The third-order valence-electron chi connectivity index (χ3n) is 3.58. The molecule has 24 heavy (non-hydrogen) atoms. The van der Waals surface area contributed by atoms with Crippen molar-refractivity contribution in [2.45, 2.75) is 26.2 Å². The van der Waals surface area contributed by atoms with Crippen LogP contribution in [0.25, 0.3) is 0 Å². The second-order valence-corrected chi connectivity index (χ2v) is 6.27. The van der Waals surface area contributed by atoms with Crippen LogP contribution in [0.2, 0.25) is 0 Å². The van der Waals surface area contributed by atoms with Gasteiger partial charge in [0.2, 0.25) is 0 Å². The second kappa shape index (κ2) is 7.74. The molecule has 0 aliphatic heterocycles. The molecule has 6 nitrogen and oxygen atoms in total. The number of nitrogens with one attached hydrogen (secondary N) is 2. The van der Waals surface area contributed by atoms with Crippen molar-refractivity contribution in [2.24, 2.45) is 0 Å². The van der Waals surface area contributed by atoms with Crippen molar-refractivity contribution in [3.63, 3.8) is 0 Å². The predicted octanol–water partition coefficient (Wildman–Crippen LogP) is 4.35. The summed E-state index contributed by atoms with van der Waals surface area (Å²) in [6, 6.07) is 8.34. The average Bonchev–Trinajstić information content (AvgIpc) is 3.11. The van der Waals surface area contributed by atoms with Gasteiger partial charge in [-0.05, 0) is 30.5 Å². The Kier molecular flexibility index (Phi) is 5.22. The first-order valence-electron chi connectivity index (χ1n) is 7.89. The third kappa shape index (κ3) is 3.99. The molecular weight excluding hydrogens is 320 g/mol. The molecule has 0 spiro atoms. The molecule has 0 bridgehead atoms. The Morgan fingerprint density at radius 2 is 1.79 bits per heavy atom. The summed E-state index contributed by atoms with van der Waals surface area (Å²) in [5.41, 5.74) is 8.91. The van der Waals surface area contributed by atoms with Crippen LogP contribution in [0, 0.1) is 0 Å². The van der Waals surface area contributed by atoms with Gasteiger partial charge in [-0.2, -0.15) is 0 Å². The lowest BCUT2D eigenvalue weighted by atomic mass is 10.1. The van der Waals surface area contributed by atoms with E-state index >= 15 is 0 Å². The first kappa shape index (κ1) is 16.2. The van der Waals surface area contributed by atoms with Gasteiger partial charge in [0.05, 0.1) is 0 Å². The third-order valence-corrected chi connectivity index (χ3v) is 4.27. The van der Waals surface area contributed by atoms with Gasteiger partial charge < -0.3 is 16.4 Å². The quantitative estimate of drug-likeness (QED) is 0.593. The van der Waals surface area contributed by atoms with Crippen molar-refractivity contribution in [1.29, 1.82) is 0 Å². The number of unbranched alkanes of at least 4 members (excludes halogenated alkanes) is 1. The summed E-state index contributed by atoms with van der Waals surface area (Å²) in [6.07, 6.45) is 6.71. The smallest absolute Gasteiger partial charge is 0.188 e. The Labute approximate surface area is 145 Å². The zero-order valence-corrected chi connectivity index (χ0v) is 14.3. The minimum absolute atomic E-state index is 0.461. The van der Waals surface area contributed by atoms with E-state index in [4.69, 9.17) is 5.73 Å². The highest BCUT2D eigenvalue weighted by Crippen LogP contribution is 2.28. The number of nitrogens with zero attached hydrogens (tertiary/aromatic N) is 3. The van der Waals surface area contributed by atoms with E-state index in [1.54, 1.807) is 6.20 Å². The normalized spacial score (nSPS) is 10.5. The Morgan fingerprint density at radius 3 is 2.46 bits per heavy atom. The molecule has 124 valence electrons. The maximum absolute atomic E-state index is 6.17. The van der Waals surface area contributed by atoms with E-state index in [1.807, 2.05) is 17.5 Å². The largest absolute Gasteiger partial charge is 0.393 e. The summed E-state index contributed by atoms with van der Waals surface area (Å²) in [7, 11) is 0. The molecule has 0 atom stereocenters. The Morgan fingerprint density at radius 1 is 1.04 bits per heavy atom. The average molecular weight is 340 g/mol. The maximum atomic E-state index is 6.17. The standard InChI is InChI=1S/C17H20N6S/c1-2-3-4-12-5-7-13(8-6-12)22-15-14(18)16(21-11-20-15)23-17-19-9-10-24-17/h5-11H,2-4,18H2,1H3,(H2,19,20,21,22,23). The highest BCUT2D eigenvalue weighted by Gasteiger charge is 2.09. The molecule has 0 radical (unpaired) electrons. The van der Waals surface area contributed by atoms with Gasteiger partial charge in [-0.25, -0.2) is 15.0 Å². The van der Waals surface area contributed by atoms with Gasteiger partial charge in [-0.15, -0.1) is 11.3 Å². The summed E-state index contributed by atoms with van der Waals surface area (Å²) in [5, 5.41) is 8.97. The summed E-state index contributed by atoms with van der Waals surface area (Å²) in [4.78, 5) is 12.6. The fourth-order valence-corrected chi connectivity index (χ4v) is 2.78. The molecule has 2 heterocycles. The van der Waals surface area contributed by atoms with Crippen LogP contribution in [0.3, 0.4) is 0 Å². The number of rotatable bonds is 7. The highest BCUT2D eigenvalue weighted by molar-refractivity contribution is 7.13. The lowest BCUT2D eigenvalue weighted by Gasteiger charge is -2.11. The number of benzene rings is 1. The fraction of sp³-hybridized carbons (Fsp3) is 0.235. The van der Waals surface area contributed by atoms with Gasteiger partial charge in [-0.3, -0.25) is 0 Å². The molecule has 0 amide bonds. The lowest BCUT2D eigenvalue weighted by molar-refractivity contribution is 0.795. The number of nitrogen functional groups attached to an aromatic ring is 1. The number of hydrogen-bond acceptors (Lipinski definition) is 7. The summed E-state index contributed by atoms with van der Waals surface area (Å²) in [6.45, 7) is 2.20. The minimum Gasteiger partial charge on any atom is -0.393 e. The Bertz CT molecular complexity index is 770. The van der Waals surface area contributed by atoms with Gasteiger partial charge in [-0.1, -0.05) is 25.5 Å². The van der Waals surface area contributed by atoms with Crippen LogP contribution >= 0.6 is 11.3 Å². The van der Waals surface area contributed by atoms with E-state index in [0.717, 1.165) is 17.2 Å². The topological polar surface area (TPSA) is 88.8 Å². The molecule has 7 heteroatoms. The first-order chi connectivity index (χ1) is 11.8. The van der Waals surface area contributed by atoms with Crippen molar-refractivity contribution in [3.8, 4) is 0 Å². The van der Waals surface area contributed by atoms with Crippen LogP contribution in [0.5, 0.6) is 0 Å². The molecule has 3 rings (SSSR count). The van der Waals surface area contributed by atoms with Crippen LogP contribution in [0.4, 0.5) is 28.1 Å². The summed E-state index contributed by atoms with van der Waals surface area (Å²) < 4.78 is 0. The van der Waals surface area contributed by atoms with Gasteiger partial charge >= 0.3 is 0 Å². The van der Waals surface area contributed by atoms with E-state index in [1.165, 1.54) is 36.1 Å². The Balaban J connectivity index is 1.73. The van der Waals surface area contributed by atoms with Crippen molar-refractivity contribution in [3.05, 3.63) is 47.7 Å². The maximum Gasteiger partial charge on any atom is 0.188 e. The lowest BCUT2D eigenvalue weighted by Crippen LogP contribution is -2.05. The van der Waals surface area contributed by atoms with Gasteiger partial charge in [0.1, 0.15) is 12.0 Å². The van der Waals surface area contributed by atoms with E-state index < -0.39 is 0 Å². The molecule has 3 aromatic rings. The summed E-state index contributed by atoms with van der Waals surface area (Å²) >= 11 is 1.49. The molecule has 2 aromatic heterocycles. The van der Waals surface area contributed by atoms with E-state index in [2.05, 4.69) is 44.6 Å². The van der Waals surface area contributed by atoms with Gasteiger partial charge in [0.25, 0.3) is 0 Å². The molecule has 0 fully saturated rings. The molecular formula is C17H20N6S. The highest BCUT2D eigenvalue weighted by atomic mass is 32.1. The molecule has 0 unspecified atom stereocenters.